The molecule has 1 rings (SSSR count). The summed E-state index contributed by atoms with van der Waals surface area (Å²) in [4.78, 5) is 12.7. The van der Waals surface area contributed by atoms with Gasteiger partial charge in [-0.15, -0.1) is 0 Å². The summed E-state index contributed by atoms with van der Waals surface area (Å²) >= 11 is 0. The highest BCUT2D eigenvalue weighted by molar-refractivity contribution is 5.16. The van der Waals surface area contributed by atoms with Gasteiger partial charge in [-0.1, -0.05) is 0 Å². The highest BCUT2D eigenvalue weighted by Gasteiger charge is 2.08. The van der Waals surface area contributed by atoms with E-state index in [9.17, 15) is 18.0 Å². The fourth-order valence-electron chi connectivity index (χ4n) is 0.823. The van der Waals surface area contributed by atoms with Crippen molar-refractivity contribution in [3.05, 3.63) is 33.7 Å². The van der Waals surface area contributed by atoms with Crippen LogP contribution >= 0.6 is 0 Å². The predicted molar refractivity (Wildman–Crippen MR) is 36.8 cm³/mol. The summed E-state index contributed by atoms with van der Waals surface area (Å²) in [5.74, 6) is 0. The van der Waals surface area contributed by atoms with Crippen molar-refractivity contribution >= 4 is 0 Å². The summed E-state index contributed by atoms with van der Waals surface area (Å²) in [5, 5.41) is 0. The van der Waals surface area contributed by atoms with E-state index >= 15 is 0 Å². The first-order chi connectivity index (χ1) is 5.63. The summed E-state index contributed by atoms with van der Waals surface area (Å²) in [7, 11) is 0. The third-order valence-electron chi connectivity index (χ3n) is 1.32. The Morgan fingerprint density at radius 3 is 2.58 bits per heavy atom. The lowest BCUT2D eigenvalue weighted by Crippen LogP contribution is -2.08. The van der Waals surface area contributed by atoms with Crippen molar-refractivity contribution in [1.29, 1.82) is 0 Å². The van der Waals surface area contributed by atoms with Gasteiger partial charge in [0.05, 0.1) is 0 Å². The van der Waals surface area contributed by atoms with Crippen molar-refractivity contribution in [1.82, 2.24) is 4.98 Å². The third kappa shape index (κ3) is 1.87. The molecule has 0 fully saturated rings. The molecule has 0 saturated carbocycles. The summed E-state index contributed by atoms with van der Waals surface area (Å²) in [6, 6.07) is 1.69. The normalized spacial score (nSPS) is 10.7. The molecule has 0 atom stereocenters. The number of aromatic nitrogens is 1. The molecular formula is C7H6F3NO. The van der Waals surface area contributed by atoms with Crippen molar-refractivity contribution in [2.45, 2.75) is 13.1 Å². The minimum Gasteiger partial charge on any atom is -0.324 e. The average Bonchev–Trinajstić information content (AvgIpc) is 2.03. The Bertz CT molecular complexity index is 321. The lowest BCUT2D eigenvalue weighted by Gasteiger charge is -1.99. The Labute approximate surface area is 66.0 Å². The number of pyridine rings is 1. The molecular weight excluding hydrogens is 171 g/mol. The maximum atomic E-state index is 12.0. The van der Waals surface area contributed by atoms with Crippen LogP contribution in [0.1, 0.15) is 17.7 Å². The van der Waals surface area contributed by atoms with Crippen LogP contribution in [0, 0.1) is 0 Å². The number of alkyl halides is 3. The standard InChI is InChI=1S/C7H6F3NO/c8-3-5-1-4(7(9)10)2-6(12)11-5/h1-2,7H,3H2,(H,11,12). The Hall–Kier alpha value is -1.26. The number of hydrogen-bond acceptors (Lipinski definition) is 1. The molecule has 1 N–H and O–H groups in total. The minimum atomic E-state index is -2.74. The van der Waals surface area contributed by atoms with Crippen LogP contribution in [-0.4, -0.2) is 4.98 Å². The molecule has 1 aromatic heterocycles. The number of aromatic amines is 1. The van der Waals surface area contributed by atoms with Gasteiger partial charge in [0.1, 0.15) is 6.67 Å². The molecule has 0 aliphatic carbocycles. The molecule has 0 aliphatic rings. The zero-order valence-corrected chi connectivity index (χ0v) is 5.98. The first-order valence-electron chi connectivity index (χ1n) is 3.20. The van der Waals surface area contributed by atoms with Gasteiger partial charge in [-0.05, 0) is 6.07 Å². The molecule has 0 spiro atoms. The van der Waals surface area contributed by atoms with Gasteiger partial charge in [-0.3, -0.25) is 4.79 Å². The Balaban J connectivity index is 3.15. The van der Waals surface area contributed by atoms with Crippen molar-refractivity contribution in [2.75, 3.05) is 0 Å². The molecule has 5 heteroatoms. The molecule has 0 amide bonds. The molecule has 1 heterocycles. The molecule has 1 aromatic rings. The van der Waals surface area contributed by atoms with Gasteiger partial charge in [-0.25, -0.2) is 13.2 Å². The summed E-state index contributed by atoms with van der Waals surface area (Å²) in [6.45, 7) is -0.949. The van der Waals surface area contributed by atoms with Crippen molar-refractivity contribution in [2.24, 2.45) is 0 Å². The maximum Gasteiger partial charge on any atom is 0.264 e. The molecule has 66 valence electrons. The van der Waals surface area contributed by atoms with E-state index in [1.807, 2.05) is 0 Å². The number of halogens is 3. The highest BCUT2D eigenvalue weighted by atomic mass is 19.3. The number of nitrogens with one attached hydrogen (secondary N) is 1. The van der Waals surface area contributed by atoms with E-state index in [1.165, 1.54) is 0 Å². The smallest absolute Gasteiger partial charge is 0.264 e. The van der Waals surface area contributed by atoms with Crippen LogP contribution in [0.4, 0.5) is 13.2 Å². The summed E-state index contributed by atoms with van der Waals surface area (Å²) in [6.07, 6.45) is -2.74. The van der Waals surface area contributed by atoms with Crippen LogP contribution in [0.25, 0.3) is 0 Å². The quantitative estimate of drug-likeness (QED) is 0.733. The molecule has 0 aromatic carbocycles. The van der Waals surface area contributed by atoms with Crippen LogP contribution in [0.15, 0.2) is 16.9 Å². The van der Waals surface area contributed by atoms with Crippen LogP contribution in [0.2, 0.25) is 0 Å². The van der Waals surface area contributed by atoms with Gasteiger partial charge in [0.15, 0.2) is 0 Å². The van der Waals surface area contributed by atoms with E-state index in [4.69, 9.17) is 0 Å². The van der Waals surface area contributed by atoms with Gasteiger partial charge in [0, 0.05) is 17.3 Å². The highest BCUT2D eigenvalue weighted by Crippen LogP contribution is 2.16. The lowest BCUT2D eigenvalue weighted by atomic mass is 10.2. The topological polar surface area (TPSA) is 32.9 Å². The van der Waals surface area contributed by atoms with E-state index in [0.29, 0.717) is 0 Å². The molecule has 0 bridgehead atoms. The van der Waals surface area contributed by atoms with Crippen LogP contribution in [0.3, 0.4) is 0 Å². The van der Waals surface area contributed by atoms with E-state index in [0.717, 1.165) is 12.1 Å². The van der Waals surface area contributed by atoms with Crippen LogP contribution in [0.5, 0.6) is 0 Å². The number of rotatable bonds is 2. The second kappa shape index (κ2) is 3.42. The minimum absolute atomic E-state index is 0.127. The van der Waals surface area contributed by atoms with Gasteiger partial charge < -0.3 is 4.98 Å². The lowest BCUT2D eigenvalue weighted by molar-refractivity contribution is 0.151. The Kier molecular flexibility index (Phi) is 2.52. The number of hydrogen-bond donors (Lipinski definition) is 1. The van der Waals surface area contributed by atoms with Gasteiger partial charge in [-0.2, -0.15) is 0 Å². The largest absolute Gasteiger partial charge is 0.324 e. The molecule has 0 aliphatic heterocycles. The Morgan fingerprint density at radius 1 is 1.42 bits per heavy atom. The molecule has 2 nitrogen and oxygen atoms in total. The van der Waals surface area contributed by atoms with Crippen molar-refractivity contribution in [3.63, 3.8) is 0 Å². The number of H-pyrrole nitrogens is 1. The second-order valence-electron chi connectivity index (χ2n) is 2.24. The molecule has 0 unspecified atom stereocenters. The maximum absolute atomic E-state index is 12.0. The first-order valence-corrected chi connectivity index (χ1v) is 3.20. The molecule has 12 heavy (non-hydrogen) atoms. The zero-order chi connectivity index (χ0) is 9.14. The van der Waals surface area contributed by atoms with Gasteiger partial charge in [0.25, 0.3) is 6.43 Å². The van der Waals surface area contributed by atoms with E-state index < -0.39 is 24.2 Å². The van der Waals surface area contributed by atoms with E-state index in [1.54, 1.807) is 0 Å². The average molecular weight is 177 g/mol. The van der Waals surface area contributed by atoms with Crippen molar-refractivity contribution < 1.29 is 13.2 Å². The monoisotopic (exact) mass is 177 g/mol. The SMILES string of the molecule is O=c1cc(C(F)F)cc(CF)[nH]1. The summed E-state index contributed by atoms with van der Waals surface area (Å²) in [5.41, 5.74) is -1.29. The third-order valence-corrected chi connectivity index (χ3v) is 1.32. The van der Waals surface area contributed by atoms with Crippen LogP contribution in [-0.2, 0) is 6.67 Å². The molecule has 0 saturated heterocycles. The van der Waals surface area contributed by atoms with E-state index in [-0.39, 0.29) is 5.69 Å². The fraction of sp³-hybridized carbons (Fsp3) is 0.286. The van der Waals surface area contributed by atoms with Gasteiger partial charge in [0.2, 0.25) is 5.56 Å². The van der Waals surface area contributed by atoms with E-state index in [2.05, 4.69) is 4.98 Å². The second-order valence-corrected chi connectivity index (χ2v) is 2.24. The summed E-state index contributed by atoms with van der Waals surface area (Å²) < 4.78 is 35.9. The van der Waals surface area contributed by atoms with Crippen LogP contribution < -0.4 is 5.56 Å². The molecule has 0 radical (unpaired) electrons. The van der Waals surface area contributed by atoms with Gasteiger partial charge >= 0.3 is 0 Å². The fourth-order valence-corrected chi connectivity index (χ4v) is 0.823. The zero-order valence-electron chi connectivity index (χ0n) is 5.98. The van der Waals surface area contributed by atoms with Crippen molar-refractivity contribution in [3.8, 4) is 0 Å². The Morgan fingerprint density at radius 2 is 2.08 bits per heavy atom. The predicted octanol–water partition coefficient (Wildman–Crippen LogP) is 1.78. The first kappa shape index (κ1) is 8.83.